The highest BCUT2D eigenvalue weighted by molar-refractivity contribution is 4.69. The highest BCUT2D eigenvalue weighted by atomic mass is 16.5. The summed E-state index contributed by atoms with van der Waals surface area (Å²) >= 11 is 0. The summed E-state index contributed by atoms with van der Waals surface area (Å²) in [4.78, 5) is 0. The van der Waals surface area contributed by atoms with Gasteiger partial charge in [0.05, 0.1) is 18.8 Å². The molecule has 1 fully saturated rings. The van der Waals surface area contributed by atoms with Gasteiger partial charge >= 0.3 is 0 Å². The molecule has 0 radical (unpaired) electrons. The SMILES string of the molecule is CCCCCCCCCCCCCCCCOCC1CCC(C)O1. The van der Waals surface area contributed by atoms with Crippen LogP contribution >= 0.6 is 0 Å². The van der Waals surface area contributed by atoms with Crippen LogP contribution in [0.25, 0.3) is 0 Å². The quantitative estimate of drug-likeness (QED) is 0.264. The lowest BCUT2D eigenvalue weighted by molar-refractivity contribution is -0.00989. The molecule has 1 heterocycles. The van der Waals surface area contributed by atoms with Crippen LogP contribution in [0.4, 0.5) is 0 Å². The molecule has 0 N–H and O–H groups in total. The third-order valence-electron chi connectivity index (χ3n) is 5.27. The van der Waals surface area contributed by atoms with Crippen molar-refractivity contribution in [1.29, 1.82) is 0 Å². The van der Waals surface area contributed by atoms with Crippen molar-refractivity contribution in [3.8, 4) is 0 Å². The standard InChI is InChI=1S/C22H44O2/c1-3-4-5-6-7-8-9-10-11-12-13-14-15-16-19-23-20-22-18-17-21(2)24-22/h21-22H,3-20H2,1-2H3. The number of unbranched alkanes of at least 4 members (excludes halogenated alkanes) is 13. The lowest BCUT2D eigenvalue weighted by atomic mass is 10.0. The van der Waals surface area contributed by atoms with E-state index in [2.05, 4.69) is 13.8 Å². The van der Waals surface area contributed by atoms with E-state index in [1.54, 1.807) is 0 Å². The molecule has 1 saturated heterocycles. The molecular weight excluding hydrogens is 296 g/mol. The van der Waals surface area contributed by atoms with Gasteiger partial charge in [-0.2, -0.15) is 0 Å². The molecule has 24 heavy (non-hydrogen) atoms. The molecule has 144 valence electrons. The molecule has 2 nitrogen and oxygen atoms in total. The monoisotopic (exact) mass is 340 g/mol. The minimum atomic E-state index is 0.367. The second kappa shape index (κ2) is 16.4. The summed E-state index contributed by atoms with van der Waals surface area (Å²) < 4.78 is 11.5. The van der Waals surface area contributed by atoms with Gasteiger partial charge in [0.15, 0.2) is 0 Å². The van der Waals surface area contributed by atoms with Crippen LogP contribution in [-0.2, 0) is 9.47 Å². The molecule has 0 aromatic carbocycles. The van der Waals surface area contributed by atoms with Crippen LogP contribution < -0.4 is 0 Å². The average molecular weight is 341 g/mol. The van der Waals surface area contributed by atoms with Crippen LogP contribution in [0.5, 0.6) is 0 Å². The van der Waals surface area contributed by atoms with E-state index in [0.29, 0.717) is 12.2 Å². The topological polar surface area (TPSA) is 18.5 Å². The number of ether oxygens (including phenoxy) is 2. The van der Waals surface area contributed by atoms with Gasteiger partial charge in [-0.1, -0.05) is 90.4 Å². The Kier molecular flexibility index (Phi) is 15.0. The maximum absolute atomic E-state index is 5.76. The van der Waals surface area contributed by atoms with Crippen molar-refractivity contribution in [1.82, 2.24) is 0 Å². The third kappa shape index (κ3) is 13.2. The maximum Gasteiger partial charge on any atom is 0.0813 e. The average Bonchev–Trinajstić information content (AvgIpc) is 3.00. The minimum Gasteiger partial charge on any atom is -0.379 e. The second-order valence-electron chi connectivity index (χ2n) is 7.82. The van der Waals surface area contributed by atoms with Gasteiger partial charge in [0.25, 0.3) is 0 Å². The Balaban J connectivity index is 1.66. The van der Waals surface area contributed by atoms with E-state index < -0.39 is 0 Å². The van der Waals surface area contributed by atoms with Crippen molar-refractivity contribution >= 4 is 0 Å². The van der Waals surface area contributed by atoms with E-state index in [1.807, 2.05) is 0 Å². The van der Waals surface area contributed by atoms with Gasteiger partial charge in [-0.25, -0.2) is 0 Å². The summed E-state index contributed by atoms with van der Waals surface area (Å²) in [5.74, 6) is 0. The first-order valence-electron chi connectivity index (χ1n) is 11.1. The maximum atomic E-state index is 5.76. The Morgan fingerprint density at radius 1 is 0.708 bits per heavy atom. The number of hydrogen-bond donors (Lipinski definition) is 0. The second-order valence-corrected chi connectivity index (χ2v) is 7.82. The smallest absolute Gasteiger partial charge is 0.0813 e. The van der Waals surface area contributed by atoms with Crippen molar-refractivity contribution in [2.45, 2.75) is 129 Å². The van der Waals surface area contributed by atoms with Gasteiger partial charge in [-0.3, -0.25) is 0 Å². The lowest BCUT2D eigenvalue weighted by Crippen LogP contribution is -2.16. The first-order chi connectivity index (χ1) is 11.8. The fourth-order valence-corrected chi connectivity index (χ4v) is 3.62. The van der Waals surface area contributed by atoms with Crippen molar-refractivity contribution in [2.24, 2.45) is 0 Å². The van der Waals surface area contributed by atoms with E-state index in [9.17, 15) is 0 Å². The van der Waals surface area contributed by atoms with Gasteiger partial charge in [-0.05, 0) is 26.2 Å². The van der Waals surface area contributed by atoms with Crippen LogP contribution in [0, 0.1) is 0 Å². The van der Waals surface area contributed by atoms with Gasteiger partial charge in [0.1, 0.15) is 0 Å². The van der Waals surface area contributed by atoms with E-state index in [-0.39, 0.29) is 0 Å². The van der Waals surface area contributed by atoms with Gasteiger partial charge in [0.2, 0.25) is 0 Å². The molecule has 1 aliphatic rings. The zero-order valence-electron chi connectivity index (χ0n) is 16.7. The molecule has 1 aliphatic heterocycles. The largest absolute Gasteiger partial charge is 0.379 e. The molecule has 2 atom stereocenters. The summed E-state index contributed by atoms with van der Waals surface area (Å²) in [5, 5.41) is 0. The number of hydrogen-bond acceptors (Lipinski definition) is 2. The van der Waals surface area contributed by atoms with Crippen molar-refractivity contribution in [3.05, 3.63) is 0 Å². The molecule has 0 aromatic heterocycles. The summed E-state index contributed by atoms with van der Waals surface area (Å²) in [6, 6.07) is 0. The first kappa shape index (κ1) is 22.0. The molecule has 2 heteroatoms. The highest BCUT2D eigenvalue weighted by Crippen LogP contribution is 2.19. The summed E-state index contributed by atoms with van der Waals surface area (Å²) in [6.45, 7) is 6.18. The zero-order chi connectivity index (χ0) is 17.3. The van der Waals surface area contributed by atoms with E-state index in [4.69, 9.17) is 9.47 Å². The molecule has 0 bridgehead atoms. The van der Waals surface area contributed by atoms with Crippen LogP contribution in [0.2, 0.25) is 0 Å². The molecule has 0 aromatic rings. The molecule has 0 spiro atoms. The van der Waals surface area contributed by atoms with Crippen LogP contribution in [0.15, 0.2) is 0 Å². The van der Waals surface area contributed by atoms with Crippen molar-refractivity contribution in [2.75, 3.05) is 13.2 Å². The fourth-order valence-electron chi connectivity index (χ4n) is 3.62. The molecule has 1 rings (SSSR count). The zero-order valence-corrected chi connectivity index (χ0v) is 16.7. The fraction of sp³-hybridized carbons (Fsp3) is 1.00. The van der Waals surface area contributed by atoms with Crippen molar-refractivity contribution in [3.63, 3.8) is 0 Å². The lowest BCUT2D eigenvalue weighted by Gasteiger charge is -2.11. The predicted octanol–water partition coefficient (Wildman–Crippen LogP) is 7.05. The highest BCUT2D eigenvalue weighted by Gasteiger charge is 2.21. The van der Waals surface area contributed by atoms with E-state index in [0.717, 1.165) is 13.2 Å². The van der Waals surface area contributed by atoms with E-state index in [1.165, 1.54) is 103 Å². The summed E-state index contributed by atoms with van der Waals surface area (Å²) in [7, 11) is 0. The Morgan fingerprint density at radius 3 is 1.67 bits per heavy atom. The molecular formula is C22H44O2. The molecule has 0 amide bonds. The molecule has 2 unspecified atom stereocenters. The van der Waals surface area contributed by atoms with Crippen LogP contribution in [0.1, 0.15) is 117 Å². The Bertz CT molecular complexity index is 254. The Hall–Kier alpha value is -0.0800. The van der Waals surface area contributed by atoms with Crippen LogP contribution in [-0.4, -0.2) is 25.4 Å². The van der Waals surface area contributed by atoms with Gasteiger partial charge in [0, 0.05) is 6.61 Å². The third-order valence-corrected chi connectivity index (χ3v) is 5.27. The van der Waals surface area contributed by atoms with Crippen LogP contribution in [0.3, 0.4) is 0 Å². The predicted molar refractivity (Wildman–Crippen MR) is 105 cm³/mol. The van der Waals surface area contributed by atoms with E-state index >= 15 is 0 Å². The van der Waals surface area contributed by atoms with Crippen molar-refractivity contribution < 1.29 is 9.47 Å². The Morgan fingerprint density at radius 2 is 1.21 bits per heavy atom. The van der Waals surface area contributed by atoms with Gasteiger partial charge in [-0.15, -0.1) is 0 Å². The first-order valence-corrected chi connectivity index (χ1v) is 11.1. The summed E-state index contributed by atoms with van der Waals surface area (Å²) in [6.07, 6.45) is 23.0. The minimum absolute atomic E-state index is 0.367. The van der Waals surface area contributed by atoms with Gasteiger partial charge < -0.3 is 9.47 Å². The Labute approximate surface area is 152 Å². The summed E-state index contributed by atoms with van der Waals surface area (Å²) in [5.41, 5.74) is 0. The number of rotatable bonds is 17. The molecule has 0 saturated carbocycles. The normalized spacial score (nSPS) is 20.8. The molecule has 0 aliphatic carbocycles.